The Morgan fingerprint density at radius 3 is 2.68 bits per heavy atom. The fourth-order valence-corrected chi connectivity index (χ4v) is 2.84. The smallest absolute Gasteiger partial charge is 0.277 e. The van der Waals surface area contributed by atoms with Crippen LogP contribution in [0.4, 0.5) is 4.39 Å². The standard InChI is InChI=1S/C19H14BrFN2O2/c20-19-16-4-2-1-3-14(16)7-10-17(19)25-12-18(24)23-22-11-13-5-8-15(21)9-6-13/h1-11H,12H2,(H,23,24). The molecule has 6 heteroatoms. The van der Waals surface area contributed by atoms with Crippen molar-refractivity contribution in [3.8, 4) is 5.75 Å². The molecule has 0 saturated heterocycles. The molecular weight excluding hydrogens is 387 g/mol. The van der Waals surface area contributed by atoms with Gasteiger partial charge in [-0.2, -0.15) is 5.10 Å². The molecule has 0 heterocycles. The van der Waals surface area contributed by atoms with E-state index in [1.807, 2.05) is 36.4 Å². The van der Waals surface area contributed by atoms with Gasteiger partial charge in [-0.25, -0.2) is 9.82 Å². The molecule has 0 fully saturated rings. The lowest BCUT2D eigenvalue weighted by atomic mass is 10.1. The molecule has 3 rings (SSSR count). The summed E-state index contributed by atoms with van der Waals surface area (Å²) in [6.45, 7) is -0.169. The maximum Gasteiger partial charge on any atom is 0.277 e. The highest BCUT2D eigenvalue weighted by atomic mass is 79.9. The van der Waals surface area contributed by atoms with Gasteiger partial charge in [-0.3, -0.25) is 4.79 Å². The van der Waals surface area contributed by atoms with E-state index in [1.54, 1.807) is 12.1 Å². The second-order valence-electron chi connectivity index (χ2n) is 5.23. The summed E-state index contributed by atoms with van der Waals surface area (Å²) in [5.41, 5.74) is 3.05. The van der Waals surface area contributed by atoms with Gasteiger partial charge >= 0.3 is 0 Å². The number of halogens is 2. The van der Waals surface area contributed by atoms with Crippen LogP contribution in [0.25, 0.3) is 10.8 Å². The van der Waals surface area contributed by atoms with Crippen LogP contribution in [-0.4, -0.2) is 18.7 Å². The van der Waals surface area contributed by atoms with Gasteiger partial charge in [-0.1, -0.05) is 42.5 Å². The molecule has 126 valence electrons. The number of carbonyl (C=O) groups excluding carboxylic acids is 1. The summed E-state index contributed by atoms with van der Waals surface area (Å²) in [6.07, 6.45) is 1.43. The Balaban J connectivity index is 1.57. The second-order valence-corrected chi connectivity index (χ2v) is 6.03. The molecule has 0 aromatic heterocycles. The summed E-state index contributed by atoms with van der Waals surface area (Å²) >= 11 is 3.50. The number of hydrogen-bond donors (Lipinski definition) is 1. The van der Waals surface area contributed by atoms with Gasteiger partial charge in [0.1, 0.15) is 11.6 Å². The van der Waals surface area contributed by atoms with E-state index in [0.29, 0.717) is 11.3 Å². The summed E-state index contributed by atoms with van der Waals surface area (Å²) < 4.78 is 19.1. The Hall–Kier alpha value is -2.73. The van der Waals surface area contributed by atoms with Crippen molar-refractivity contribution in [3.63, 3.8) is 0 Å². The predicted molar refractivity (Wildman–Crippen MR) is 99.3 cm³/mol. The van der Waals surface area contributed by atoms with Crippen molar-refractivity contribution in [2.24, 2.45) is 5.10 Å². The van der Waals surface area contributed by atoms with Crippen LogP contribution in [-0.2, 0) is 4.79 Å². The molecule has 3 aromatic carbocycles. The van der Waals surface area contributed by atoms with E-state index in [1.165, 1.54) is 18.3 Å². The SMILES string of the molecule is O=C(COc1ccc2ccccc2c1Br)NN=Cc1ccc(F)cc1. The third kappa shape index (κ3) is 4.42. The van der Waals surface area contributed by atoms with E-state index >= 15 is 0 Å². The number of nitrogens with one attached hydrogen (secondary N) is 1. The van der Waals surface area contributed by atoms with Crippen molar-refractivity contribution in [2.45, 2.75) is 0 Å². The fourth-order valence-electron chi connectivity index (χ4n) is 2.23. The van der Waals surface area contributed by atoms with Gasteiger partial charge in [0.2, 0.25) is 0 Å². The molecule has 0 spiro atoms. The second kappa shape index (κ2) is 7.90. The molecule has 3 aromatic rings. The van der Waals surface area contributed by atoms with E-state index in [2.05, 4.69) is 26.5 Å². The summed E-state index contributed by atoms with van der Waals surface area (Å²) in [5.74, 6) is -0.134. The topological polar surface area (TPSA) is 50.7 Å². The lowest BCUT2D eigenvalue weighted by Gasteiger charge is -2.09. The first kappa shape index (κ1) is 17.1. The van der Waals surface area contributed by atoms with Gasteiger partial charge in [0.05, 0.1) is 10.7 Å². The molecular formula is C19H14BrFN2O2. The van der Waals surface area contributed by atoms with Gasteiger partial charge in [0.25, 0.3) is 5.91 Å². The number of rotatable bonds is 5. The first-order valence-electron chi connectivity index (χ1n) is 7.51. The minimum atomic E-state index is -0.390. The molecule has 1 amide bonds. The summed E-state index contributed by atoms with van der Waals surface area (Å²) in [7, 11) is 0. The number of amides is 1. The van der Waals surface area contributed by atoms with Crippen molar-refractivity contribution in [2.75, 3.05) is 6.61 Å². The molecule has 0 aliphatic rings. The molecule has 0 radical (unpaired) electrons. The van der Waals surface area contributed by atoms with E-state index in [9.17, 15) is 9.18 Å². The van der Waals surface area contributed by atoms with Crippen LogP contribution in [0.5, 0.6) is 5.75 Å². The number of fused-ring (bicyclic) bond motifs is 1. The number of carbonyl (C=O) groups is 1. The first-order valence-corrected chi connectivity index (χ1v) is 8.30. The third-order valence-electron chi connectivity index (χ3n) is 3.46. The average molecular weight is 401 g/mol. The number of hydrogen-bond acceptors (Lipinski definition) is 3. The maximum absolute atomic E-state index is 12.8. The molecule has 0 atom stereocenters. The van der Waals surface area contributed by atoms with Crippen LogP contribution in [0, 0.1) is 5.82 Å². The Morgan fingerprint density at radius 2 is 1.88 bits per heavy atom. The number of nitrogens with zero attached hydrogens (tertiary/aromatic N) is 1. The predicted octanol–water partition coefficient (Wildman–Crippen LogP) is 4.27. The van der Waals surface area contributed by atoms with Crippen LogP contribution in [0.2, 0.25) is 0 Å². The van der Waals surface area contributed by atoms with Crippen molar-refractivity contribution < 1.29 is 13.9 Å². The van der Waals surface area contributed by atoms with Crippen LogP contribution in [0.15, 0.2) is 70.2 Å². The normalized spacial score (nSPS) is 11.0. The van der Waals surface area contributed by atoms with Crippen molar-refractivity contribution in [3.05, 3.63) is 76.5 Å². The highest BCUT2D eigenvalue weighted by Gasteiger charge is 2.08. The minimum absolute atomic E-state index is 0.169. The lowest BCUT2D eigenvalue weighted by molar-refractivity contribution is -0.123. The zero-order chi connectivity index (χ0) is 17.6. The molecule has 25 heavy (non-hydrogen) atoms. The van der Waals surface area contributed by atoms with Gasteiger partial charge in [0.15, 0.2) is 6.61 Å². The van der Waals surface area contributed by atoms with E-state index in [0.717, 1.165) is 15.2 Å². The molecule has 0 aliphatic heterocycles. The van der Waals surface area contributed by atoms with Crippen molar-refractivity contribution in [1.29, 1.82) is 0 Å². The molecule has 0 unspecified atom stereocenters. The van der Waals surface area contributed by atoms with Gasteiger partial charge < -0.3 is 4.74 Å². The van der Waals surface area contributed by atoms with Crippen LogP contribution >= 0.6 is 15.9 Å². The Morgan fingerprint density at radius 1 is 1.12 bits per heavy atom. The summed E-state index contributed by atoms with van der Waals surface area (Å²) in [6, 6.07) is 17.4. The summed E-state index contributed by atoms with van der Waals surface area (Å²) in [4.78, 5) is 11.8. The monoisotopic (exact) mass is 400 g/mol. The van der Waals surface area contributed by atoms with Crippen LogP contribution < -0.4 is 10.2 Å². The first-order chi connectivity index (χ1) is 12.1. The lowest BCUT2D eigenvalue weighted by Crippen LogP contribution is -2.24. The zero-order valence-electron chi connectivity index (χ0n) is 13.1. The fraction of sp³-hybridized carbons (Fsp3) is 0.0526. The Bertz CT molecular complexity index is 926. The minimum Gasteiger partial charge on any atom is -0.483 e. The Kier molecular flexibility index (Phi) is 5.40. The van der Waals surface area contributed by atoms with E-state index < -0.39 is 5.91 Å². The largest absolute Gasteiger partial charge is 0.483 e. The molecule has 4 nitrogen and oxygen atoms in total. The molecule has 1 N–H and O–H groups in total. The van der Waals surface area contributed by atoms with Gasteiger partial charge in [-0.15, -0.1) is 0 Å². The van der Waals surface area contributed by atoms with E-state index in [4.69, 9.17) is 4.74 Å². The number of hydrazone groups is 1. The number of benzene rings is 3. The highest BCUT2D eigenvalue weighted by Crippen LogP contribution is 2.32. The van der Waals surface area contributed by atoms with Gasteiger partial charge in [0, 0.05) is 0 Å². The molecule has 0 bridgehead atoms. The van der Waals surface area contributed by atoms with Crippen LogP contribution in [0.1, 0.15) is 5.56 Å². The number of ether oxygens (including phenoxy) is 1. The zero-order valence-corrected chi connectivity index (χ0v) is 14.7. The van der Waals surface area contributed by atoms with Gasteiger partial charge in [-0.05, 0) is 50.5 Å². The highest BCUT2D eigenvalue weighted by molar-refractivity contribution is 9.10. The Labute approximate surface area is 152 Å². The van der Waals surface area contributed by atoms with Crippen LogP contribution in [0.3, 0.4) is 0 Å². The molecule has 0 saturated carbocycles. The average Bonchev–Trinajstić information content (AvgIpc) is 2.63. The van der Waals surface area contributed by atoms with E-state index in [-0.39, 0.29) is 12.4 Å². The quantitative estimate of drug-likeness (QED) is 0.513. The third-order valence-corrected chi connectivity index (χ3v) is 4.28. The van der Waals surface area contributed by atoms with Crippen molar-refractivity contribution >= 4 is 38.8 Å². The van der Waals surface area contributed by atoms with Crippen molar-refractivity contribution in [1.82, 2.24) is 5.43 Å². The summed E-state index contributed by atoms with van der Waals surface area (Å²) in [5, 5.41) is 5.90. The maximum atomic E-state index is 12.8. The molecule has 0 aliphatic carbocycles.